The van der Waals surface area contributed by atoms with E-state index in [2.05, 4.69) is 27.7 Å². The van der Waals surface area contributed by atoms with E-state index in [1.807, 2.05) is 0 Å². The molecule has 0 bridgehead atoms. The molecule has 0 aromatic carbocycles. The van der Waals surface area contributed by atoms with Crippen molar-refractivity contribution in [3.63, 3.8) is 0 Å². The van der Waals surface area contributed by atoms with Crippen LogP contribution in [0.25, 0.3) is 0 Å². The Morgan fingerprint density at radius 3 is 1.29 bits per heavy atom. The quantitative estimate of drug-likeness (QED) is 0.240. The third-order valence-corrected chi connectivity index (χ3v) is 14.7. The van der Waals surface area contributed by atoms with Gasteiger partial charge in [0.15, 0.2) is 0 Å². The van der Waals surface area contributed by atoms with Gasteiger partial charge in [-0.2, -0.15) is 0 Å². The van der Waals surface area contributed by atoms with Crippen molar-refractivity contribution in [2.24, 2.45) is 0 Å². The zero-order valence-corrected chi connectivity index (χ0v) is 21.3. The van der Waals surface area contributed by atoms with Crippen LogP contribution in [0, 0.1) is 0 Å². The Balaban J connectivity index is -0.000000126. The molecule has 0 amide bonds. The average molecular weight is 537 g/mol. The minimum Gasteiger partial charge on any atom is -0.412 e. The Hall–Kier alpha value is 1.81. The summed E-state index contributed by atoms with van der Waals surface area (Å²) in [5.74, 6) is 0. The van der Waals surface area contributed by atoms with Gasteiger partial charge in [-0.1, -0.05) is 0 Å². The van der Waals surface area contributed by atoms with Crippen LogP contribution in [-0.4, -0.2) is 50.7 Å². The van der Waals surface area contributed by atoms with Crippen LogP contribution in [0.3, 0.4) is 0 Å². The van der Waals surface area contributed by atoms with Crippen LogP contribution in [0.4, 0.5) is 0 Å². The first-order chi connectivity index (χ1) is 9.22. The number of unbranched alkanes of at least 4 members (excludes halogenated alkanes) is 4. The molecule has 131 valence electrons. The molecule has 0 atom stereocenters. The number of rotatable bonds is 12. The SMILES string of the molecule is CCC[CH2][Sn]([Cl])[CH2]CCC.CCC[CH2][Sn][CH2]CCC.O.O. The molecule has 0 aliphatic rings. The van der Waals surface area contributed by atoms with Crippen molar-refractivity contribution in [3.05, 3.63) is 0 Å². The fraction of sp³-hybridized carbons (Fsp3) is 1.00. The zero-order valence-electron chi connectivity index (χ0n) is 14.9. The summed E-state index contributed by atoms with van der Waals surface area (Å²) >= 11 is -1.12. The molecule has 0 rings (SSSR count). The van der Waals surface area contributed by atoms with Crippen molar-refractivity contribution in [3.8, 4) is 0 Å². The van der Waals surface area contributed by atoms with Gasteiger partial charge in [0.25, 0.3) is 0 Å². The molecule has 0 heterocycles. The standard InChI is InChI=1S/4C4H9.ClH.2H2O.2Sn/c4*1-3-4-2;;;;;/h4*1,3-4H2,2H3;1H;2*1H2;;/q;;;;;;;;+1/p-1. The van der Waals surface area contributed by atoms with E-state index in [1.54, 1.807) is 8.87 Å². The summed E-state index contributed by atoms with van der Waals surface area (Å²) in [6.07, 6.45) is 11.2. The van der Waals surface area contributed by atoms with Crippen LogP contribution in [0.2, 0.25) is 17.7 Å². The number of hydrogen-bond acceptors (Lipinski definition) is 0. The average Bonchev–Trinajstić information content (AvgIpc) is 2.43. The molecule has 0 saturated carbocycles. The van der Waals surface area contributed by atoms with E-state index in [-0.39, 0.29) is 32.1 Å². The Kier molecular flexibility index (Phi) is 43.5. The minimum absolute atomic E-state index is 0. The van der Waals surface area contributed by atoms with Gasteiger partial charge in [-0.3, -0.25) is 0 Å². The maximum absolute atomic E-state index is 6.24. The zero-order chi connectivity index (χ0) is 14.8. The Labute approximate surface area is 155 Å². The summed E-state index contributed by atoms with van der Waals surface area (Å²) in [7, 11) is 6.24. The fourth-order valence-corrected chi connectivity index (χ4v) is 12.5. The smallest absolute Gasteiger partial charge is 0.412 e. The van der Waals surface area contributed by atoms with Crippen molar-refractivity contribution in [2.45, 2.75) is 96.8 Å². The van der Waals surface area contributed by atoms with Crippen LogP contribution < -0.4 is 0 Å². The first-order valence-corrected chi connectivity index (χ1v) is 20.1. The summed E-state index contributed by atoms with van der Waals surface area (Å²) in [6.45, 7) is 9.07. The maximum atomic E-state index is 6.24. The summed E-state index contributed by atoms with van der Waals surface area (Å²) < 4.78 is 6.06. The van der Waals surface area contributed by atoms with Gasteiger partial charge >= 0.3 is 146 Å². The van der Waals surface area contributed by atoms with Crippen LogP contribution in [0.15, 0.2) is 0 Å². The Morgan fingerprint density at radius 1 is 0.667 bits per heavy atom. The second-order valence-electron chi connectivity index (χ2n) is 5.18. The first kappa shape index (κ1) is 30.7. The molecular formula is C16H40ClO2Sn2. The molecule has 5 heteroatoms. The van der Waals surface area contributed by atoms with Gasteiger partial charge in [-0.25, -0.2) is 0 Å². The Bertz CT molecular complexity index is 138. The third-order valence-electron chi connectivity index (χ3n) is 3.02. The van der Waals surface area contributed by atoms with Crippen LogP contribution in [0.1, 0.15) is 79.1 Å². The van der Waals surface area contributed by atoms with E-state index in [0.29, 0.717) is 0 Å². The van der Waals surface area contributed by atoms with E-state index < -0.39 is 18.6 Å². The molecule has 21 heavy (non-hydrogen) atoms. The predicted octanol–water partition coefficient (Wildman–Crippen LogP) is 5.29. The molecule has 0 aliphatic heterocycles. The van der Waals surface area contributed by atoms with Crippen LogP contribution in [-0.2, 0) is 0 Å². The van der Waals surface area contributed by atoms with Crippen molar-refractivity contribution in [2.75, 3.05) is 0 Å². The van der Waals surface area contributed by atoms with Crippen LogP contribution in [0.5, 0.6) is 0 Å². The molecule has 0 aromatic rings. The van der Waals surface area contributed by atoms with E-state index >= 15 is 0 Å². The monoisotopic (exact) mass is 539 g/mol. The normalized spacial score (nSPS) is 9.43. The van der Waals surface area contributed by atoms with Crippen molar-refractivity contribution in [1.29, 1.82) is 0 Å². The van der Waals surface area contributed by atoms with E-state index in [9.17, 15) is 0 Å². The van der Waals surface area contributed by atoms with E-state index in [4.69, 9.17) is 8.92 Å². The molecule has 0 aromatic heterocycles. The first-order valence-electron chi connectivity index (χ1n) is 8.43. The summed E-state index contributed by atoms with van der Waals surface area (Å²) in [4.78, 5) is 0. The number of hydrogen-bond donors (Lipinski definition) is 0. The molecule has 0 unspecified atom stereocenters. The summed E-state index contributed by atoms with van der Waals surface area (Å²) in [5.41, 5.74) is 0. The predicted molar refractivity (Wildman–Crippen MR) is 103 cm³/mol. The van der Waals surface area contributed by atoms with Crippen molar-refractivity contribution >= 4 is 48.7 Å². The molecule has 0 aliphatic carbocycles. The van der Waals surface area contributed by atoms with Crippen molar-refractivity contribution < 1.29 is 11.0 Å². The molecule has 0 spiro atoms. The molecule has 0 fully saturated rings. The third kappa shape index (κ3) is 34.2. The van der Waals surface area contributed by atoms with Gasteiger partial charge in [-0.05, 0) is 0 Å². The summed E-state index contributed by atoms with van der Waals surface area (Å²) in [5, 5.41) is 0. The maximum Gasteiger partial charge on any atom is -0.412 e. The van der Waals surface area contributed by atoms with E-state index in [1.165, 1.54) is 60.2 Å². The molecule has 3 radical (unpaired) electrons. The van der Waals surface area contributed by atoms with Gasteiger partial charge in [0.05, 0.1) is 0 Å². The second-order valence-corrected chi connectivity index (χ2v) is 18.9. The number of halogens is 1. The molecule has 2 nitrogen and oxygen atoms in total. The van der Waals surface area contributed by atoms with Gasteiger partial charge in [0.1, 0.15) is 0 Å². The topological polar surface area (TPSA) is 63.0 Å². The van der Waals surface area contributed by atoms with Gasteiger partial charge in [0, 0.05) is 0 Å². The van der Waals surface area contributed by atoms with Crippen molar-refractivity contribution in [1.82, 2.24) is 0 Å². The molecular weight excluding hydrogens is 497 g/mol. The summed E-state index contributed by atoms with van der Waals surface area (Å²) in [6, 6.07) is 0. The second kappa shape index (κ2) is 29.8. The largest absolute Gasteiger partial charge is 0.412 e. The van der Waals surface area contributed by atoms with Gasteiger partial charge < -0.3 is 11.0 Å². The fourth-order valence-electron chi connectivity index (χ4n) is 1.59. The van der Waals surface area contributed by atoms with Gasteiger partial charge in [0.2, 0.25) is 0 Å². The van der Waals surface area contributed by atoms with Crippen LogP contribution >= 0.6 is 8.92 Å². The minimum atomic E-state index is -1.27. The molecule has 0 saturated heterocycles. The van der Waals surface area contributed by atoms with E-state index in [0.717, 1.165) is 0 Å². The van der Waals surface area contributed by atoms with Gasteiger partial charge in [-0.15, -0.1) is 0 Å². The Morgan fingerprint density at radius 2 is 1.00 bits per heavy atom. The molecule has 4 N–H and O–H groups in total.